The summed E-state index contributed by atoms with van der Waals surface area (Å²) >= 11 is 0. The number of nitrogens with one attached hydrogen (secondary N) is 1. The normalized spacial score (nSPS) is 12.3. The molecular formula is C16H15FN4O. The van der Waals surface area contributed by atoms with E-state index in [4.69, 9.17) is 0 Å². The number of aryl methyl sites for hydroxylation is 1. The second-order valence-electron chi connectivity index (χ2n) is 4.97. The Hall–Kier alpha value is -2.60. The molecule has 0 bridgehead atoms. The number of halogens is 1. The van der Waals surface area contributed by atoms with Crippen molar-refractivity contribution in [1.29, 1.82) is 0 Å². The van der Waals surface area contributed by atoms with Crippen molar-refractivity contribution in [2.24, 2.45) is 0 Å². The molecule has 1 aromatic carbocycles. The maximum absolute atomic E-state index is 13.0. The van der Waals surface area contributed by atoms with Gasteiger partial charge in [-0.25, -0.2) is 19.3 Å². The van der Waals surface area contributed by atoms with E-state index in [1.807, 2.05) is 19.1 Å². The number of hydrogen-bond donors (Lipinski definition) is 2. The first kappa shape index (κ1) is 14.3. The van der Waals surface area contributed by atoms with E-state index in [1.54, 1.807) is 12.1 Å². The van der Waals surface area contributed by atoms with Crippen molar-refractivity contribution in [3.8, 4) is 0 Å². The van der Waals surface area contributed by atoms with Crippen LogP contribution in [0.2, 0.25) is 0 Å². The van der Waals surface area contributed by atoms with Crippen LogP contribution < -0.4 is 5.32 Å². The molecule has 3 rings (SSSR count). The van der Waals surface area contributed by atoms with E-state index in [9.17, 15) is 9.50 Å². The fourth-order valence-corrected chi connectivity index (χ4v) is 2.24. The summed E-state index contributed by atoms with van der Waals surface area (Å²) in [6, 6.07) is 9.33. The van der Waals surface area contributed by atoms with Crippen molar-refractivity contribution in [3.05, 3.63) is 59.8 Å². The summed E-state index contributed by atoms with van der Waals surface area (Å²) in [6.45, 7) is 1.74. The van der Waals surface area contributed by atoms with Gasteiger partial charge in [0.1, 0.15) is 17.7 Å². The fraction of sp³-hybridized carbons (Fsp3) is 0.188. The molecule has 112 valence electrons. The summed E-state index contributed by atoms with van der Waals surface area (Å²) in [5.41, 5.74) is 2.98. The first-order valence-corrected chi connectivity index (χ1v) is 6.88. The van der Waals surface area contributed by atoms with E-state index in [0.29, 0.717) is 11.3 Å². The number of fused-ring (bicyclic) bond motifs is 1. The zero-order chi connectivity index (χ0) is 15.5. The largest absolute Gasteiger partial charge is 0.394 e. The number of aliphatic hydroxyl groups is 1. The van der Waals surface area contributed by atoms with Crippen LogP contribution in [-0.4, -0.2) is 26.7 Å². The average molecular weight is 298 g/mol. The molecule has 1 atom stereocenters. The van der Waals surface area contributed by atoms with E-state index in [1.165, 1.54) is 18.5 Å². The van der Waals surface area contributed by atoms with Crippen LogP contribution in [0.25, 0.3) is 11.0 Å². The minimum atomic E-state index is -0.402. The van der Waals surface area contributed by atoms with Gasteiger partial charge in [-0.1, -0.05) is 12.1 Å². The Balaban J connectivity index is 1.97. The summed E-state index contributed by atoms with van der Waals surface area (Å²) in [4.78, 5) is 12.8. The number of benzene rings is 1. The monoisotopic (exact) mass is 298 g/mol. The van der Waals surface area contributed by atoms with Crippen molar-refractivity contribution in [2.45, 2.75) is 13.0 Å². The van der Waals surface area contributed by atoms with Crippen molar-refractivity contribution < 1.29 is 9.50 Å². The summed E-state index contributed by atoms with van der Waals surface area (Å²) in [5.74, 6) is 0.224. The van der Waals surface area contributed by atoms with Gasteiger partial charge in [0.15, 0.2) is 5.82 Å². The summed E-state index contributed by atoms with van der Waals surface area (Å²) in [7, 11) is 0. The van der Waals surface area contributed by atoms with Gasteiger partial charge in [-0.15, -0.1) is 0 Å². The third kappa shape index (κ3) is 2.87. The van der Waals surface area contributed by atoms with Crippen molar-refractivity contribution >= 4 is 16.9 Å². The lowest BCUT2D eigenvalue weighted by molar-refractivity contribution is 0.276. The number of rotatable bonds is 4. The van der Waals surface area contributed by atoms with Gasteiger partial charge in [0, 0.05) is 5.69 Å². The molecule has 0 aliphatic heterocycles. The van der Waals surface area contributed by atoms with Crippen LogP contribution in [0.1, 0.15) is 17.3 Å². The molecule has 0 amide bonds. The van der Waals surface area contributed by atoms with E-state index in [2.05, 4.69) is 20.3 Å². The molecule has 0 saturated heterocycles. The van der Waals surface area contributed by atoms with Crippen molar-refractivity contribution in [3.63, 3.8) is 0 Å². The maximum atomic E-state index is 13.0. The van der Waals surface area contributed by atoms with Gasteiger partial charge in [0.05, 0.1) is 18.2 Å². The lowest BCUT2D eigenvalue weighted by atomic mass is 10.1. The zero-order valence-corrected chi connectivity index (χ0v) is 12.0. The summed E-state index contributed by atoms with van der Waals surface area (Å²) in [5, 5.41) is 12.8. The third-order valence-electron chi connectivity index (χ3n) is 3.39. The smallest absolute Gasteiger partial charge is 0.156 e. The topological polar surface area (TPSA) is 70.9 Å². The molecule has 6 heteroatoms. The SMILES string of the molecule is Cc1ccc2ncnc(NC(CO)c3ccc(F)cc3)c2n1. The average Bonchev–Trinajstić information content (AvgIpc) is 2.54. The van der Waals surface area contributed by atoms with E-state index in [-0.39, 0.29) is 12.4 Å². The highest BCUT2D eigenvalue weighted by molar-refractivity contribution is 5.84. The Bertz CT molecular complexity index is 792. The molecule has 0 aliphatic carbocycles. The van der Waals surface area contributed by atoms with Crippen molar-refractivity contribution in [1.82, 2.24) is 15.0 Å². The van der Waals surface area contributed by atoms with Gasteiger partial charge in [0.2, 0.25) is 0 Å². The number of aromatic nitrogens is 3. The van der Waals surface area contributed by atoms with E-state index < -0.39 is 6.04 Å². The Kier molecular flexibility index (Phi) is 3.93. The molecule has 0 spiro atoms. The summed E-state index contributed by atoms with van der Waals surface area (Å²) < 4.78 is 13.0. The number of aliphatic hydroxyl groups excluding tert-OH is 1. The van der Waals surface area contributed by atoms with Crippen LogP contribution in [0.5, 0.6) is 0 Å². The molecule has 0 saturated carbocycles. The first-order valence-electron chi connectivity index (χ1n) is 6.88. The van der Waals surface area contributed by atoms with Gasteiger partial charge in [-0.2, -0.15) is 0 Å². The molecule has 0 radical (unpaired) electrons. The molecule has 2 heterocycles. The molecule has 22 heavy (non-hydrogen) atoms. The second-order valence-corrected chi connectivity index (χ2v) is 4.97. The molecule has 3 aromatic rings. The highest BCUT2D eigenvalue weighted by Gasteiger charge is 2.14. The van der Waals surface area contributed by atoms with Gasteiger partial charge in [0.25, 0.3) is 0 Å². The Labute approximate surface area is 126 Å². The number of hydrogen-bond acceptors (Lipinski definition) is 5. The lowest BCUT2D eigenvalue weighted by Crippen LogP contribution is -2.16. The van der Waals surface area contributed by atoms with Crippen LogP contribution in [0, 0.1) is 12.7 Å². The third-order valence-corrected chi connectivity index (χ3v) is 3.39. The molecule has 0 fully saturated rings. The van der Waals surface area contributed by atoms with Crippen LogP contribution >= 0.6 is 0 Å². The minimum Gasteiger partial charge on any atom is -0.394 e. The zero-order valence-electron chi connectivity index (χ0n) is 12.0. The van der Waals surface area contributed by atoms with Crippen molar-refractivity contribution in [2.75, 3.05) is 11.9 Å². The van der Waals surface area contributed by atoms with Gasteiger partial charge < -0.3 is 10.4 Å². The standard InChI is InChI=1S/C16H15FN4O/c1-10-2-7-13-15(20-10)16(19-9-18-13)21-14(8-22)11-3-5-12(17)6-4-11/h2-7,9,14,22H,8H2,1H3,(H,18,19,21). The quantitative estimate of drug-likeness (QED) is 0.775. The van der Waals surface area contributed by atoms with E-state index >= 15 is 0 Å². The van der Waals surface area contributed by atoms with Gasteiger partial charge >= 0.3 is 0 Å². The molecule has 2 aromatic heterocycles. The van der Waals surface area contributed by atoms with Crippen LogP contribution in [0.15, 0.2) is 42.7 Å². The fourth-order valence-electron chi connectivity index (χ4n) is 2.24. The van der Waals surface area contributed by atoms with Gasteiger partial charge in [-0.3, -0.25) is 0 Å². The van der Waals surface area contributed by atoms with Crippen LogP contribution in [-0.2, 0) is 0 Å². The van der Waals surface area contributed by atoms with E-state index in [0.717, 1.165) is 16.8 Å². The predicted molar refractivity (Wildman–Crippen MR) is 81.9 cm³/mol. The second kappa shape index (κ2) is 6.03. The number of anilines is 1. The highest BCUT2D eigenvalue weighted by atomic mass is 19.1. The summed E-state index contributed by atoms with van der Waals surface area (Å²) in [6.07, 6.45) is 1.45. The molecule has 2 N–H and O–H groups in total. The number of nitrogens with zero attached hydrogens (tertiary/aromatic N) is 3. The molecular weight excluding hydrogens is 283 g/mol. The molecule has 1 unspecified atom stereocenters. The van der Waals surface area contributed by atoms with Crippen LogP contribution in [0.3, 0.4) is 0 Å². The Morgan fingerprint density at radius 3 is 2.64 bits per heavy atom. The predicted octanol–water partition coefficient (Wildman–Crippen LogP) is 2.62. The van der Waals surface area contributed by atoms with Crippen LogP contribution in [0.4, 0.5) is 10.2 Å². The molecule has 0 aliphatic rings. The van der Waals surface area contributed by atoms with Gasteiger partial charge in [-0.05, 0) is 36.8 Å². The Morgan fingerprint density at radius 2 is 1.91 bits per heavy atom. The number of pyridine rings is 1. The molecule has 5 nitrogen and oxygen atoms in total. The Morgan fingerprint density at radius 1 is 1.14 bits per heavy atom. The first-order chi connectivity index (χ1) is 10.7. The lowest BCUT2D eigenvalue weighted by Gasteiger charge is -2.18. The maximum Gasteiger partial charge on any atom is 0.156 e. The minimum absolute atomic E-state index is 0.150. The highest BCUT2D eigenvalue weighted by Crippen LogP contribution is 2.23.